The predicted octanol–water partition coefficient (Wildman–Crippen LogP) is 1.43. The van der Waals surface area contributed by atoms with Crippen LogP contribution in [0.1, 0.15) is 11.1 Å². The second kappa shape index (κ2) is 5.96. The van der Waals surface area contributed by atoms with Gasteiger partial charge in [0.25, 0.3) is 0 Å². The summed E-state index contributed by atoms with van der Waals surface area (Å²) in [7, 11) is 0. The van der Waals surface area contributed by atoms with Crippen LogP contribution in [-0.4, -0.2) is 30.8 Å². The summed E-state index contributed by atoms with van der Waals surface area (Å²) in [6.07, 6.45) is -0.200. The number of aliphatic hydroxyl groups excluding tert-OH is 1. The maximum atomic E-state index is 9.67. The van der Waals surface area contributed by atoms with Gasteiger partial charge in [0.1, 0.15) is 0 Å². The first-order valence-electron chi connectivity index (χ1n) is 6.01. The highest BCUT2D eigenvalue weighted by Gasteiger charge is 2.23. The molecule has 17 heavy (non-hydrogen) atoms. The van der Waals surface area contributed by atoms with Gasteiger partial charge in [-0.2, -0.15) is 0 Å². The standard InChI is InChI=1S/C13H19BrN2O/c1-9-4-12(14)3-2-10(9)5-15-6-11-7-16-8-13(11)17/h2-4,11,13,15-17H,5-8H2,1H3. The van der Waals surface area contributed by atoms with Crippen LogP contribution in [0, 0.1) is 12.8 Å². The van der Waals surface area contributed by atoms with Gasteiger partial charge in [-0.1, -0.05) is 22.0 Å². The van der Waals surface area contributed by atoms with E-state index in [4.69, 9.17) is 0 Å². The number of hydrogen-bond acceptors (Lipinski definition) is 3. The van der Waals surface area contributed by atoms with Crippen LogP contribution >= 0.6 is 15.9 Å². The molecule has 1 fully saturated rings. The molecule has 1 aliphatic heterocycles. The van der Waals surface area contributed by atoms with E-state index in [1.165, 1.54) is 11.1 Å². The van der Waals surface area contributed by atoms with Crippen LogP contribution in [-0.2, 0) is 6.54 Å². The molecule has 0 amide bonds. The molecule has 1 aromatic rings. The third-order valence-electron chi connectivity index (χ3n) is 3.33. The van der Waals surface area contributed by atoms with E-state index in [0.29, 0.717) is 5.92 Å². The first kappa shape index (κ1) is 13.0. The number of benzene rings is 1. The Kier molecular flexibility index (Phi) is 4.56. The average Bonchev–Trinajstić information content (AvgIpc) is 2.68. The molecule has 1 aromatic carbocycles. The molecule has 2 unspecified atom stereocenters. The lowest BCUT2D eigenvalue weighted by atomic mass is 10.1. The average molecular weight is 299 g/mol. The SMILES string of the molecule is Cc1cc(Br)ccc1CNCC1CNCC1O. The van der Waals surface area contributed by atoms with E-state index < -0.39 is 0 Å². The summed E-state index contributed by atoms with van der Waals surface area (Å²) in [5.74, 6) is 0.339. The van der Waals surface area contributed by atoms with E-state index in [9.17, 15) is 5.11 Å². The van der Waals surface area contributed by atoms with Gasteiger partial charge in [-0.3, -0.25) is 0 Å². The van der Waals surface area contributed by atoms with E-state index in [0.717, 1.165) is 30.7 Å². The molecular weight excluding hydrogens is 280 g/mol. The second-order valence-corrected chi connectivity index (χ2v) is 5.60. The summed E-state index contributed by atoms with van der Waals surface area (Å²) in [6, 6.07) is 6.33. The second-order valence-electron chi connectivity index (χ2n) is 4.69. The van der Waals surface area contributed by atoms with Crippen molar-refractivity contribution in [1.29, 1.82) is 0 Å². The minimum Gasteiger partial charge on any atom is -0.391 e. The first-order chi connectivity index (χ1) is 8.16. The number of halogens is 1. The number of aryl methyl sites for hydroxylation is 1. The molecule has 94 valence electrons. The molecule has 0 saturated carbocycles. The molecule has 0 bridgehead atoms. The fraction of sp³-hybridized carbons (Fsp3) is 0.538. The van der Waals surface area contributed by atoms with Crippen molar-refractivity contribution in [1.82, 2.24) is 10.6 Å². The number of aliphatic hydroxyl groups is 1. The Labute approximate surface area is 111 Å². The van der Waals surface area contributed by atoms with Crippen molar-refractivity contribution >= 4 is 15.9 Å². The molecule has 2 rings (SSSR count). The van der Waals surface area contributed by atoms with Crippen molar-refractivity contribution in [2.45, 2.75) is 19.6 Å². The Morgan fingerprint density at radius 3 is 2.94 bits per heavy atom. The smallest absolute Gasteiger partial charge is 0.0716 e. The fourth-order valence-corrected chi connectivity index (χ4v) is 2.65. The lowest BCUT2D eigenvalue weighted by molar-refractivity contribution is 0.146. The molecule has 3 N–H and O–H groups in total. The molecule has 3 nitrogen and oxygen atoms in total. The van der Waals surface area contributed by atoms with Crippen LogP contribution in [0.25, 0.3) is 0 Å². The highest BCUT2D eigenvalue weighted by atomic mass is 79.9. The Morgan fingerprint density at radius 1 is 1.47 bits per heavy atom. The van der Waals surface area contributed by atoms with Gasteiger partial charge < -0.3 is 15.7 Å². The predicted molar refractivity (Wildman–Crippen MR) is 73.0 cm³/mol. The maximum Gasteiger partial charge on any atom is 0.0716 e. The zero-order valence-electron chi connectivity index (χ0n) is 10.0. The minimum atomic E-state index is -0.200. The zero-order valence-corrected chi connectivity index (χ0v) is 11.6. The monoisotopic (exact) mass is 298 g/mol. The highest BCUT2D eigenvalue weighted by molar-refractivity contribution is 9.10. The number of β-amino-alcohol motifs (C(OH)–C–C–N with tert-alkyl or cyclic N) is 1. The van der Waals surface area contributed by atoms with Crippen molar-refractivity contribution < 1.29 is 5.11 Å². The molecule has 0 radical (unpaired) electrons. The third kappa shape index (κ3) is 3.52. The van der Waals surface area contributed by atoms with Crippen LogP contribution < -0.4 is 10.6 Å². The number of rotatable bonds is 4. The van der Waals surface area contributed by atoms with E-state index in [-0.39, 0.29) is 6.10 Å². The van der Waals surface area contributed by atoms with Crippen molar-refractivity contribution in [3.8, 4) is 0 Å². The molecular formula is C13H19BrN2O. The lowest BCUT2D eigenvalue weighted by Gasteiger charge is -2.15. The van der Waals surface area contributed by atoms with Crippen LogP contribution in [0.5, 0.6) is 0 Å². The number of hydrogen-bond donors (Lipinski definition) is 3. The van der Waals surface area contributed by atoms with Crippen molar-refractivity contribution in [2.75, 3.05) is 19.6 Å². The largest absolute Gasteiger partial charge is 0.391 e. The maximum absolute atomic E-state index is 9.67. The molecule has 0 aliphatic carbocycles. The quantitative estimate of drug-likeness (QED) is 0.788. The van der Waals surface area contributed by atoms with Gasteiger partial charge in [0, 0.05) is 36.6 Å². The van der Waals surface area contributed by atoms with E-state index >= 15 is 0 Å². The van der Waals surface area contributed by atoms with Crippen molar-refractivity contribution in [3.63, 3.8) is 0 Å². The normalized spacial score (nSPS) is 24.2. The van der Waals surface area contributed by atoms with Crippen LogP contribution in [0.15, 0.2) is 22.7 Å². The molecule has 1 saturated heterocycles. The summed E-state index contributed by atoms with van der Waals surface area (Å²) in [5.41, 5.74) is 2.60. The summed E-state index contributed by atoms with van der Waals surface area (Å²) < 4.78 is 1.12. The van der Waals surface area contributed by atoms with Crippen LogP contribution in [0.3, 0.4) is 0 Å². The van der Waals surface area contributed by atoms with Crippen LogP contribution in [0.2, 0.25) is 0 Å². The minimum absolute atomic E-state index is 0.200. The topological polar surface area (TPSA) is 44.3 Å². The molecule has 2 atom stereocenters. The van der Waals surface area contributed by atoms with Gasteiger partial charge in [0.2, 0.25) is 0 Å². The Balaban J connectivity index is 1.81. The van der Waals surface area contributed by atoms with Gasteiger partial charge in [-0.25, -0.2) is 0 Å². The fourth-order valence-electron chi connectivity index (χ4n) is 2.18. The van der Waals surface area contributed by atoms with E-state index in [2.05, 4.69) is 51.7 Å². The van der Waals surface area contributed by atoms with Gasteiger partial charge in [-0.15, -0.1) is 0 Å². The molecule has 0 spiro atoms. The molecule has 4 heteroatoms. The van der Waals surface area contributed by atoms with Gasteiger partial charge >= 0.3 is 0 Å². The van der Waals surface area contributed by atoms with Crippen molar-refractivity contribution in [2.24, 2.45) is 5.92 Å². The van der Waals surface area contributed by atoms with Crippen molar-refractivity contribution in [3.05, 3.63) is 33.8 Å². The summed E-state index contributed by atoms with van der Waals surface area (Å²) in [5, 5.41) is 16.3. The summed E-state index contributed by atoms with van der Waals surface area (Å²) in [4.78, 5) is 0. The van der Waals surface area contributed by atoms with E-state index in [1.807, 2.05) is 0 Å². The molecule has 1 aliphatic rings. The van der Waals surface area contributed by atoms with Crippen LogP contribution in [0.4, 0.5) is 0 Å². The lowest BCUT2D eigenvalue weighted by Crippen LogP contribution is -2.30. The van der Waals surface area contributed by atoms with Gasteiger partial charge in [0.05, 0.1) is 6.10 Å². The van der Waals surface area contributed by atoms with Gasteiger partial charge in [0.15, 0.2) is 0 Å². The Hall–Kier alpha value is -0.420. The van der Waals surface area contributed by atoms with Gasteiger partial charge in [-0.05, 0) is 30.2 Å². The Bertz CT molecular complexity index is 384. The van der Waals surface area contributed by atoms with E-state index in [1.54, 1.807) is 0 Å². The summed E-state index contributed by atoms with van der Waals surface area (Å²) in [6.45, 7) is 5.48. The first-order valence-corrected chi connectivity index (χ1v) is 6.80. The Morgan fingerprint density at radius 2 is 2.29 bits per heavy atom. The third-order valence-corrected chi connectivity index (χ3v) is 3.82. The highest BCUT2D eigenvalue weighted by Crippen LogP contribution is 2.16. The number of nitrogens with one attached hydrogen (secondary N) is 2. The molecule has 0 aromatic heterocycles. The molecule has 1 heterocycles. The summed E-state index contributed by atoms with van der Waals surface area (Å²) >= 11 is 3.46. The zero-order chi connectivity index (χ0) is 12.3.